The molecule has 1 aromatic heterocycles. The van der Waals surface area contributed by atoms with Crippen molar-refractivity contribution in [3.05, 3.63) is 35.3 Å². The van der Waals surface area contributed by atoms with E-state index in [-0.39, 0.29) is 29.7 Å². The number of anilines is 1. The van der Waals surface area contributed by atoms with E-state index in [1.165, 1.54) is 12.1 Å². The molecule has 0 saturated heterocycles. The van der Waals surface area contributed by atoms with Crippen molar-refractivity contribution in [3.63, 3.8) is 0 Å². The molecule has 0 aliphatic carbocycles. The van der Waals surface area contributed by atoms with Crippen molar-refractivity contribution in [1.29, 1.82) is 0 Å². The van der Waals surface area contributed by atoms with Crippen LogP contribution in [0.5, 0.6) is 0 Å². The third-order valence-electron chi connectivity index (χ3n) is 2.86. The molecule has 1 heterocycles. The number of aliphatic imine (C=N–C) groups is 1. The zero-order valence-corrected chi connectivity index (χ0v) is 11.8. The maximum Gasteiger partial charge on any atom is 0.202 e. The summed E-state index contributed by atoms with van der Waals surface area (Å²) in [6, 6.07) is 4.29. The molecule has 118 valence electrons. The molecule has 0 unspecified atom stereocenters. The van der Waals surface area contributed by atoms with Crippen LogP contribution in [0.2, 0.25) is 0 Å². The van der Waals surface area contributed by atoms with Crippen molar-refractivity contribution in [2.24, 2.45) is 4.99 Å². The summed E-state index contributed by atoms with van der Waals surface area (Å²) in [6.07, 6.45) is 0.506. The smallest absolute Gasteiger partial charge is 0.202 e. The van der Waals surface area contributed by atoms with Gasteiger partial charge in [-0.05, 0) is 40.5 Å². The molecule has 2 rings (SSSR count). The molecule has 0 saturated carbocycles. The molecule has 0 atom stereocenters. The Morgan fingerprint density at radius 2 is 2.23 bits per heavy atom. The minimum absolute atomic E-state index is 0.0104. The van der Waals surface area contributed by atoms with E-state index in [0.29, 0.717) is 17.7 Å². The lowest BCUT2D eigenvalue weighted by atomic mass is 10.1. The fourth-order valence-electron chi connectivity index (χ4n) is 1.79. The van der Waals surface area contributed by atoms with E-state index in [1.807, 2.05) is 12.4 Å². The second-order valence-corrected chi connectivity index (χ2v) is 4.28. The fraction of sp³-hybridized carbons (Fsp3) is 0.308. The van der Waals surface area contributed by atoms with E-state index in [4.69, 9.17) is 0 Å². The number of benzene rings is 1. The van der Waals surface area contributed by atoms with E-state index in [9.17, 15) is 14.0 Å². The molecule has 0 fully saturated rings. The van der Waals surface area contributed by atoms with Crippen LogP contribution in [0.25, 0.3) is 0 Å². The molecule has 1 aromatic carbocycles. The van der Waals surface area contributed by atoms with Gasteiger partial charge in [-0.2, -0.15) is 0 Å². The second-order valence-electron chi connectivity index (χ2n) is 4.28. The zero-order chi connectivity index (χ0) is 15.9. The van der Waals surface area contributed by atoms with Crippen LogP contribution in [0.3, 0.4) is 0 Å². The number of aromatic nitrogens is 2. The average Bonchev–Trinajstić information content (AvgIpc) is 3.00. The second kappa shape index (κ2) is 7.46. The number of alkyl halides is 1. The predicted octanol–water partition coefficient (Wildman–Crippen LogP) is 2.21. The molecule has 3 N–H and O–H groups in total. The van der Waals surface area contributed by atoms with Crippen LogP contribution in [-0.2, 0) is 6.42 Å². The molecule has 0 bridgehead atoms. The van der Waals surface area contributed by atoms with Gasteiger partial charge in [-0.25, -0.2) is 18.4 Å². The molecular formula is C13H15F2N5O2. The molecule has 0 spiro atoms. The maximum atomic E-state index is 13.5. The van der Waals surface area contributed by atoms with Crippen molar-refractivity contribution in [2.45, 2.75) is 13.3 Å². The number of amidine groups is 1. The minimum atomic E-state index is -0.608. The molecule has 0 amide bonds. The van der Waals surface area contributed by atoms with E-state index in [2.05, 4.69) is 25.3 Å². The van der Waals surface area contributed by atoms with Crippen molar-refractivity contribution in [2.75, 3.05) is 18.5 Å². The van der Waals surface area contributed by atoms with Gasteiger partial charge in [-0.15, -0.1) is 0 Å². The van der Waals surface area contributed by atoms with Crippen LogP contribution < -0.4 is 10.8 Å². The molecule has 2 aromatic rings. The summed E-state index contributed by atoms with van der Waals surface area (Å²) in [6.45, 7) is 1.22. The van der Waals surface area contributed by atoms with Crippen LogP contribution in [0.15, 0.2) is 27.8 Å². The minimum Gasteiger partial charge on any atom is -0.363 e. The van der Waals surface area contributed by atoms with Gasteiger partial charge in [-0.3, -0.25) is 10.7 Å². The highest BCUT2D eigenvalue weighted by atomic mass is 19.1. The summed E-state index contributed by atoms with van der Waals surface area (Å²) < 4.78 is 30.2. The summed E-state index contributed by atoms with van der Waals surface area (Å²) in [7, 11) is 0. The normalized spacial score (nSPS) is 11.5. The highest BCUT2D eigenvalue weighted by Gasteiger charge is 2.16. The van der Waals surface area contributed by atoms with Gasteiger partial charge in [0.2, 0.25) is 5.82 Å². The molecule has 0 aliphatic heterocycles. The molecule has 22 heavy (non-hydrogen) atoms. The molecule has 0 aliphatic rings. The van der Waals surface area contributed by atoms with Crippen LogP contribution in [0.4, 0.5) is 20.3 Å². The van der Waals surface area contributed by atoms with Crippen molar-refractivity contribution < 1.29 is 18.6 Å². The van der Waals surface area contributed by atoms with Crippen LogP contribution in [0.1, 0.15) is 18.2 Å². The van der Waals surface area contributed by atoms with E-state index in [1.54, 1.807) is 6.07 Å². The summed E-state index contributed by atoms with van der Waals surface area (Å²) in [4.78, 5) is 4.13. The standard InChI is InChI=1S/C13H15F2N5O2/c1-2-8-7-9(3-4-10(8)15)17-13(18-21)11-12(16-6-5-14)20-22-19-11/h3-4,7,21H,2,5-6H2,1H3,(H,16,20)(H,17,18). The number of hydrogen-bond donors (Lipinski definition) is 3. The number of hydrogen-bond acceptors (Lipinski definition) is 6. The monoisotopic (exact) mass is 311 g/mol. The van der Waals surface area contributed by atoms with Crippen molar-refractivity contribution >= 4 is 17.3 Å². The summed E-state index contributed by atoms with van der Waals surface area (Å²) in [5, 5.41) is 19.0. The Morgan fingerprint density at radius 3 is 2.91 bits per heavy atom. The van der Waals surface area contributed by atoms with Gasteiger partial charge in [0, 0.05) is 6.54 Å². The van der Waals surface area contributed by atoms with Crippen LogP contribution in [-0.4, -0.2) is 34.6 Å². The molecule has 9 heteroatoms. The topological polar surface area (TPSA) is 95.6 Å². The van der Waals surface area contributed by atoms with E-state index < -0.39 is 6.67 Å². The Bertz CT molecular complexity index is 660. The van der Waals surface area contributed by atoms with E-state index >= 15 is 0 Å². The lowest BCUT2D eigenvalue weighted by Gasteiger charge is -2.05. The third kappa shape index (κ3) is 3.55. The van der Waals surface area contributed by atoms with Crippen molar-refractivity contribution in [3.8, 4) is 0 Å². The Labute approximate surface area is 125 Å². The number of nitrogens with one attached hydrogen (secondary N) is 2. The first-order chi connectivity index (χ1) is 10.7. The number of aryl methyl sites for hydroxylation is 1. The molecule has 0 radical (unpaired) electrons. The Kier molecular flexibility index (Phi) is 5.37. The zero-order valence-electron chi connectivity index (χ0n) is 11.8. The number of nitrogens with zero attached hydrogens (tertiary/aromatic N) is 3. The lowest BCUT2D eigenvalue weighted by Crippen LogP contribution is -2.22. The predicted molar refractivity (Wildman–Crippen MR) is 75.7 cm³/mol. The first-order valence-corrected chi connectivity index (χ1v) is 6.59. The van der Waals surface area contributed by atoms with Gasteiger partial charge in [-0.1, -0.05) is 6.92 Å². The number of rotatable bonds is 6. The lowest BCUT2D eigenvalue weighted by molar-refractivity contribution is 0.234. The SMILES string of the molecule is CCc1cc(N=C(NO)c2nonc2NCCF)ccc1F. The number of hydroxylamine groups is 1. The third-order valence-corrected chi connectivity index (χ3v) is 2.86. The molecular weight excluding hydrogens is 296 g/mol. The number of halogens is 2. The summed E-state index contributed by atoms with van der Waals surface area (Å²) >= 11 is 0. The summed E-state index contributed by atoms with van der Waals surface area (Å²) in [5.41, 5.74) is 2.87. The Hall–Kier alpha value is -2.55. The quantitative estimate of drug-likeness (QED) is 0.430. The fourth-order valence-corrected chi connectivity index (χ4v) is 1.79. The first kappa shape index (κ1) is 15.8. The van der Waals surface area contributed by atoms with Gasteiger partial charge in [0.1, 0.15) is 12.5 Å². The Morgan fingerprint density at radius 1 is 1.41 bits per heavy atom. The average molecular weight is 311 g/mol. The van der Waals surface area contributed by atoms with Gasteiger partial charge in [0.05, 0.1) is 5.69 Å². The highest BCUT2D eigenvalue weighted by molar-refractivity contribution is 6.01. The Balaban J connectivity index is 2.33. The summed E-state index contributed by atoms with van der Waals surface area (Å²) in [5.74, 6) is -0.250. The van der Waals surface area contributed by atoms with Crippen LogP contribution >= 0.6 is 0 Å². The highest BCUT2D eigenvalue weighted by Crippen LogP contribution is 2.20. The maximum absolute atomic E-state index is 13.5. The largest absolute Gasteiger partial charge is 0.363 e. The van der Waals surface area contributed by atoms with Gasteiger partial charge < -0.3 is 5.32 Å². The van der Waals surface area contributed by atoms with E-state index in [0.717, 1.165) is 0 Å². The van der Waals surface area contributed by atoms with Crippen LogP contribution in [0, 0.1) is 5.82 Å². The molecule has 7 nitrogen and oxygen atoms in total. The van der Waals surface area contributed by atoms with Gasteiger partial charge in [0.25, 0.3) is 0 Å². The first-order valence-electron chi connectivity index (χ1n) is 6.59. The van der Waals surface area contributed by atoms with Crippen molar-refractivity contribution in [1.82, 2.24) is 15.8 Å². The van der Waals surface area contributed by atoms with Gasteiger partial charge >= 0.3 is 0 Å². The van der Waals surface area contributed by atoms with Gasteiger partial charge in [0.15, 0.2) is 11.5 Å².